The van der Waals surface area contributed by atoms with Crippen LogP contribution < -0.4 is 0 Å². The van der Waals surface area contributed by atoms with Gasteiger partial charge in [-0.25, -0.2) is 0 Å². The highest BCUT2D eigenvalue weighted by atomic mass is 16.6. The molecule has 9 atom stereocenters. The molecular formula is C21H32O7. The predicted octanol–water partition coefficient (Wildman–Crippen LogP) is -0.0785. The second kappa shape index (κ2) is 5.65. The van der Waals surface area contributed by atoms with Crippen LogP contribution in [0.15, 0.2) is 11.1 Å². The number of carbonyl (C=O) groups is 1. The van der Waals surface area contributed by atoms with Crippen molar-refractivity contribution in [3.05, 3.63) is 11.1 Å². The summed E-state index contributed by atoms with van der Waals surface area (Å²) in [7, 11) is 0. The van der Waals surface area contributed by atoms with Gasteiger partial charge in [-0.3, -0.25) is 4.79 Å². The first-order valence-corrected chi connectivity index (χ1v) is 10.1. The number of hydrogen-bond acceptors (Lipinski definition) is 7. The van der Waals surface area contributed by atoms with Crippen molar-refractivity contribution in [3.8, 4) is 0 Å². The quantitative estimate of drug-likeness (QED) is 0.363. The van der Waals surface area contributed by atoms with Gasteiger partial charge in [0.15, 0.2) is 5.78 Å². The van der Waals surface area contributed by atoms with Crippen LogP contribution in [0, 0.1) is 22.7 Å². The number of ether oxygens (including phenoxy) is 1. The first kappa shape index (κ1) is 20.4. The highest BCUT2D eigenvalue weighted by Crippen LogP contribution is 2.64. The van der Waals surface area contributed by atoms with Crippen molar-refractivity contribution in [3.63, 3.8) is 0 Å². The van der Waals surface area contributed by atoms with Crippen LogP contribution in [0.3, 0.4) is 0 Å². The van der Waals surface area contributed by atoms with Crippen molar-refractivity contribution < 1.29 is 35.1 Å². The standard InChI is InChI=1S/C21H32O7/c1-9-11(22)7-21(27)10(2)16-19(5,12(23)6-13-20(16,26)8-28-13)17(25)15(24)14(9)18(21,3)4/h10-13,15-16,22-24,26-27H,6-8H2,1-5H3/t10-,11?,12?,13?,15?,16?,19+,20?,21?/m0/s1. The van der Waals surface area contributed by atoms with Gasteiger partial charge in [0.2, 0.25) is 0 Å². The summed E-state index contributed by atoms with van der Waals surface area (Å²) in [6, 6.07) is 0. The number of hydrogen-bond donors (Lipinski definition) is 5. The summed E-state index contributed by atoms with van der Waals surface area (Å²) < 4.78 is 5.49. The van der Waals surface area contributed by atoms with Crippen molar-refractivity contribution in [1.29, 1.82) is 0 Å². The van der Waals surface area contributed by atoms with E-state index >= 15 is 0 Å². The third kappa shape index (κ3) is 2.03. The molecule has 0 amide bonds. The van der Waals surface area contributed by atoms with Crippen molar-refractivity contribution in [2.24, 2.45) is 22.7 Å². The minimum Gasteiger partial charge on any atom is -0.392 e. The van der Waals surface area contributed by atoms with Gasteiger partial charge < -0.3 is 30.3 Å². The lowest BCUT2D eigenvalue weighted by molar-refractivity contribution is -0.335. The molecule has 0 aromatic heterocycles. The van der Waals surface area contributed by atoms with Crippen LogP contribution in [0.4, 0.5) is 0 Å². The minimum absolute atomic E-state index is 0.0130. The Morgan fingerprint density at radius 1 is 1.11 bits per heavy atom. The molecule has 1 heterocycles. The molecule has 2 bridgehead atoms. The number of ketones is 1. The molecule has 4 rings (SSSR count). The molecule has 7 heteroatoms. The molecule has 3 fully saturated rings. The maximum Gasteiger partial charge on any atom is 0.174 e. The van der Waals surface area contributed by atoms with Gasteiger partial charge in [0.1, 0.15) is 11.7 Å². The fourth-order valence-electron chi connectivity index (χ4n) is 7.00. The zero-order valence-corrected chi connectivity index (χ0v) is 17.1. The Balaban J connectivity index is 2.01. The van der Waals surface area contributed by atoms with Crippen LogP contribution in [-0.4, -0.2) is 73.5 Å². The summed E-state index contributed by atoms with van der Waals surface area (Å²) in [5.41, 5.74) is -4.54. The summed E-state index contributed by atoms with van der Waals surface area (Å²) in [5, 5.41) is 56.1. The van der Waals surface area contributed by atoms with E-state index in [1.807, 2.05) is 0 Å². The monoisotopic (exact) mass is 396 g/mol. The molecule has 7 unspecified atom stereocenters. The van der Waals surface area contributed by atoms with E-state index in [2.05, 4.69) is 0 Å². The van der Waals surface area contributed by atoms with Crippen molar-refractivity contribution in [1.82, 2.24) is 0 Å². The molecule has 158 valence electrons. The SMILES string of the molecule is CC1=C2C(O)C(=O)[C@]3(C)C(O)CC4OCC4(O)C3[C@H](C)C(O)(CC1O)C2(C)C. The molecule has 0 radical (unpaired) electrons. The van der Waals surface area contributed by atoms with E-state index in [0.717, 1.165) is 0 Å². The van der Waals surface area contributed by atoms with E-state index in [-0.39, 0.29) is 19.4 Å². The van der Waals surface area contributed by atoms with Crippen molar-refractivity contribution in [2.45, 2.75) is 83.1 Å². The van der Waals surface area contributed by atoms with Gasteiger partial charge in [-0.05, 0) is 30.9 Å². The van der Waals surface area contributed by atoms with E-state index in [1.165, 1.54) is 0 Å². The molecule has 7 nitrogen and oxygen atoms in total. The number of fused-ring (bicyclic) bond motifs is 5. The molecule has 1 saturated heterocycles. The van der Waals surface area contributed by atoms with Gasteiger partial charge in [0.25, 0.3) is 0 Å². The molecule has 0 aromatic carbocycles. The average Bonchev–Trinajstić information content (AvgIpc) is 2.60. The highest BCUT2D eigenvalue weighted by molar-refractivity contribution is 5.93. The van der Waals surface area contributed by atoms with E-state index in [4.69, 9.17) is 4.74 Å². The number of aliphatic hydroxyl groups excluding tert-OH is 3. The number of rotatable bonds is 0. The largest absolute Gasteiger partial charge is 0.392 e. The Bertz CT molecular complexity index is 760. The second-order valence-corrected chi connectivity index (χ2v) is 10.2. The first-order valence-electron chi connectivity index (χ1n) is 10.1. The Labute approximate surface area is 165 Å². The molecular weight excluding hydrogens is 364 g/mol. The average molecular weight is 396 g/mol. The number of Topliss-reactive ketones (excluding diaryl/α,β-unsaturated/α-hetero) is 1. The van der Waals surface area contributed by atoms with E-state index in [0.29, 0.717) is 11.1 Å². The molecule has 2 saturated carbocycles. The summed E-state index contributed by atoms with van der Waals surface area (Å²) in [4.78, 5) is 13.6. The predicted molar refractivity (Wildman–Crippen MR) is 99.1 cm³/mol. The smallest absolute Gasteiger partial charge is 0.174 e. The number of carbonyl (C=O) groups excluding carboxylic acids is 1. The van der Waals surface area contributed by atoms with E-state index < -0.39 is 64.1 Å². The molecule has 1 aliphatic heterocycles. The topological polar surface area (TPSA) is 127 Å². The lowest BCUT2D eigenvalue weighted by Gasteiger charge is -2.67. The summed E-state index contributed by atoms with van der Waals surface area (Å²) >= 11 is 0. The summed E-state index contributed by atoms with van der Waals surface area (Å²) in [6.07, 6.45) is -4.20. The Morgan fingerprint density at radius 3 is 2.25 bits per heavy atom. The zero-order valence-electron chi connectivity index (χ0n) is 17.1. The molecule has 28 heavy (non-hydrogen) atoms. The molecule has 5 N–H and O–H groups in total. The highest BCUT2D eigenvalue weighted by Gasteiger charge is 2.73. The van der Waals surface area contributed by atoms with Crippen LogP contribution in [0.2, 0.25) is 0 Å². The molecule has 0 spiro atoms. The lowest BCUT2D eigenvalue weighted by Crippen LogP contribution is -2.78. The van der Waals surface area contributed by atoms with Gasteiger partial charge in [0, 0.05) is 24.2 Å². The first-order chi connectivity index (χ1) is 12.7. The Morgan fingerprint density at radius 2 is 1.71 bits per heavy atom. The second-order valence-electron chi connectivity index (χ2n) is 10.2. The third-order valence-corrected chi connectivity index (χ3v) is 8.88. The maximum atomic E-state index is 13.6. The van der Waals surface area contributed by atoms with Crippen LogP contribution in [0.25, 0.3) is 0 Å². The summed E-state index contributed by atoms with van der Waals surface area (Å²) in [5.74, 6) is -2.05. The normalized spacial score (nSPS) is 55.6. The van der Waals surface area contributed by atoms with Crippen molar-refractivity contribution in [2.75, 3.05) is 6.61 Å². The van der Waals surface area contributed by atoms with Gasteiger partial charge in [0.05, 0.1) is 35.9 Å². The zero-order chi connectivity index (χ0) is 21.0. The fraction of sp³-hybridized carbons (Fsp3) is 0.857. The van der Waals surface area contributed by atoms with Crippen LogP contribution in [0.1, 0.15) is 47.5 Å². The third-order valence-electron chi connectivity index (χ3n) is 8.88. The van der Waals surface area contributed by atoms with Gasteiger partial charge in [-0.1, -0.05) is 20.8 Å². The van der Waals surface area contributed by atoms with Crippen LogP contribution in [-0.2, 0) is 9.53 Å². The number of aliphatic hydroxyl groups is 5. The van der Waals surface area contributed by atoms with Crippen molar-refractivity contribution >= 4 is 5.78 Å². The maximum absolute atomic E-state index is 13.6. The van der Waals surface area contributed by atoms with Gasteiger partial charge in [-0.15, -0.1) is 0 Å². The fourth-order valence-corrected chi connectivity index (χ4v) is 7.00. The summed E-state index contributed by atoms with van der Waals surface area (Å²) in [6.45, 7) is 8.58. The van der Waals surface area contributed by atoms with Gasteiger partial charge in [-0.2, -0.15) is 0 Å². The lowest BCUT2D eigenvalue weighted by atomic mass is 9.43. The van der Waals surface area contributed by atoms with Gasteiger partial charge >= 0.3 is 0 Å². The van der Waals surface area contributed by atoms with E-state index in [9.17, 15) is 30.3 Å². The van der Waals surface area contributed by atoms with Crippen LogP contribution in [0.5, 0.6) is 0 Å². The van der Waals surface area contributed by atoms with E-state index in [1.54, 1.807) is 34.6 Å². The molecule has 3 aliphatic carbocycles. The minimum atomic E-state index is -1.58. The molecule has 4 aliphatic rings. The Hall–Kier alpha value is -0.830. The Kier molecular flexibility index (Phi) is 4.13. The van der Waals surface area contributed by atoms with Crippen LogP contribution >= 0.6 is 0 Å². The molecule has 0 aromatic rings.